The van der Waals surface area contributed by atoms with Gasteiger partial charge < -0.3 is 19.8 Å². The van der Waals surface area contributed by atoms with Crippen molar-refractivity contribution in [3.05, 3.63) is 15.8 Å². The zero-order valence-electron chi connectivity index (χ0n) is 18.7. The number of carboxylic acids is 1. The van der Waals surface area contributed by atoms with Gasteiger partial charge in [0.1, 0.15) is 4.88 Å². The van der Waals surface area contributed by atoms with Gasteiger partial charge in [0.15, 0.2) is 0 Å². The minimum Gasteiger partial charge on any atom is -0.477 e. The van der Waals surface area contributed by atoms with Crippen molar-refractivity contribution in [3.63, 3.8) is 0 Å². The van der Waals surface area contributed by atoms with Crippen molar-refractivity contribution in [1.29, 1.82) is 0 Å². The van der Waals surface area contributed by atoms with Crippen LogP contribution in [0.3, 0.4) is 0 Å². The smallest absolute Gasteiger partial charge is 0.348 e. The summed E-state index contributed by atoms with van der Waals surface area (Å²) in [6.45, 7) is 3.56. The van der Waals surface area contributed by atoms with Gasteiger partial charge in [-0.1, -0.05) is 18.8 Å². The summed E-state index contributed by atoms with van der Waals surface area (Å²) in [5.41, 5.74) is 0.486. The Morgan fingerprint density at radius 3 is 2.44 bits per heavy atom. The third-order valence-corrected chi connectivity index (χ3v) is 8.16. The quantitative estimate of drug-likeness (QED) is 0.656. The SMILES string of the molecule is CC1CCC(C(=O)N(c2cc(C#CC3CCOC3)sc2C(=O)O)[C@H]2CC[C@H](O)CC2)CC1. The number of hydrogen-bond donors (Lipinski definition) is 2. The zero-order chi connectivity index (χ0) is 22.7. The Kier molecular flexibility index (Phi) is 7.55. The van der Waals surface area contributed by atoms with Gasteiger partial charge in [-0.2, -0.15) is 0 Å². The van der Waals surface area contributed by atoms with Crippen molar-refractivity contribution in [2.75, 3.05) is 18.1 Å². The molecule has 0 spiro atoms. The molecule has 4 rings (SSSR count). The van der Waals surface area contributed by atoms with Crippen LogP contribution in [-0.2, 0) is 9.53 Å². The highest BCUT2D eigenvalue weighted by molar-refractivity contribution is 7.15. The minimum absolute atomic E-state index is 0.0438. The summed E-state index contributed by atoms with van der Waals surface area (Å²) in [4.78, 5) is 28.5. The summed E-state index contributed by atoms with van der Waals surface area (Å²) in [7, 11) is 0. The van der Waals surface area contributed by atoms with E-state index in [1.165, 1.54) is 0 Å². The molecule has 1 aliphatic heterocycles. The van der Waals surface area contributed by atoms with Crippen molar-refractivity contribution in [2.24, 2.45) is 17.8 Å². The number of carboxylic acid groups (broad SMARTS) is 1. The maximum atomic E-state index is 13.8. The second kappa shape index (κ2) is 10.4. The number of amides is 1. The van der Waals surface area contributed by atoms with E-state index < -0.39 is 5.97 Å². The molecule has 1 unspecified atom stereocenters. The number of aliphatic hydroxyl groups is 1. The van der Waals surface area contributed by atoms with Crippen LogP contribution in [0.4, 0.5) is 5.69 Å². The number of carbonyl (C=O) groups excluding carboxylic acids is 1. The number of carbonyl (C=O) groups is 2. The molecule has 0 bridgehead atoms. The molecule has 3 aliphatic rings. The van der Waals surface area contributed by atoms with Gasteiger partial charge in [0, 0.05) is 24.5 Å². The molecule has 0 aromatic carbocycles. The molecule has 1 saturated heterocycles. The summed E-state index contributed by atoms with van der Waals surface area (Å²) in [5, 5.41) is 19.9. The van der Waals surface area contributed by atoms with Crippen LogP contribution in [-0.4, -0.2) is 47.4 Å². The lowest BCUT2D eigenvalue weighted by atomic mass is 9.81. The van der Waals surface area contributed by atoms with Crippen LogP contribution >= 0.6 is 11.3 Å². The number of aliphatic hydroxyl groups excluding tert-OH is 1. The topological polar surface area (TPSA) is 87.1 Å². The minimum atomic E-state index is -1.02. The molecule has 1 amide bonds. The van der Waals surface area contributed by atoms with Crippen LogP contribution in [0.1, 0.15) is 79.3 Å². The van der Waals surface area contributed by atoms with Crippen LogP contribution in [0.15, 0.2) is 6.07 Å². The summed E-state index contributed by atoms with van der Waals surface area (Å²) in [6, 6.07) is 1.72. The van der Waals surface area contributed by atoms with Crippen molar-refractivity contribution in [3.8, 4) is 11.8 Å². The first-order chi connectivity index (χ1) is 15.4. The van der Waals surface area contributed by atoms with Crippen LogP contribution < -0.4 is 4.90 Å². The van der Waals surface area contributed by atoms with Crippen LogP contribution in [0, 0.1) is 29.6 Å². The fourth-order valence-electron chi connectivity index (χ4n) is 5.11. The number of ether oxygens (including phenoxy) is 1. The largest absolute Gasteiger partial charge is 0.477 e. The number of anilines is 1. The van der Waals surface area contributed by atoms with Gasteiger partial charge in [-0.15, -0.1) is 11.3 Å². The number of aromatic carboxylic acids is 1. The Morgan fingerprint density at radius 2 is 1.81 bits per heavy atom. The highest BCUT2D eigenvalue weighted by atomic mass is 32.1. The van der Waals surface area contributed by atoms with E-state index in [4.69, 9.17) is 4.74 Å². The third-order valence-electron chi connectivity index (χ3n) is 7.13. The molecule has 32 heavy (non-hydrogen) atoms. The molecule has 2 aliphatic carbocycles. The van der Waals surface area contributed by atoms with E-state index in [0.29, 0.717) is 55.4 Å². The Balaban J connectivity index is 1.66. The third kappa shape index (κ3) is 5.36. The monoisotopic (exact) mass is 459 g/mol. The standard InChI is InChI=1S/C25H33NO5S/c1-16-2-5-18(6-3-16)24(28)26(19-7-9-20(27)10-8-19)22-14-21(32-23(22)25(29)30)11-4-17-12-13-31-15-17/h14,16-20,27H,2-3,5-10,12-13,15H2,1H3,(H,29,30)/t16?,17?,18?,19-,20-. The Bertz CT molecular complexity index is 878. The first-order valence-electron chi connectivity index (χ1n) is 11.9. The second-order valence-corrected chi connectivity index (χ2v) is 10.6. The van der Waals surface area contributed by atoms with Crippen molar-refractivity contribution in [2.45, 2.75) is 76.9 Å². The van der Waals surface area contributed by atoms with Crippen LogP contribution in [0.2, 0.25) is 0 Å². The van der Waals surface area contributed by atoms with E-state index in [2.05, 4.69) is 18.8 Å². The number of rotatable bonds is 4. The summed E-state index contributed by atoms with van der Waals surface area (Å²) >= 11 is 1.15. The van der Waals surface area contributed by atoms with E-state index in [9.17, 15) is 19.8 Å². The van der Waals surface area contributed by atoms with Gasteiger partial charge >= 0.3 is 5.97 Å². The first kappa shape index (κ1) is 23.3. The number of thiophene rings is 1. The van der Waals surface area contributed by atoms with E-state index in [1.807, 2.05) is 0 Å². The molecule has 3 fully saturated rings. The molecule has 174 valence electrons. The summed E-state index contributed by atoms with van der Waals surface area (Å²) < 4.78 is 5.38. The van der Waals surface area contributed by atoms with Crippen molar-refractivity contribution in [1.82, 2.24) is 0 Å². The van der Waals surface area contributed by atoms with E-state index in [-0.39, 0.29) is 34.8 Å². The normalized spacial score (nSPS) is 30.4. The van der Waals surface area contributed by atoms with Gasteiger partial charge in [0.2, 0.25) is 5.91 Å². The fraction of sp³-hybridized carbons (Fsp3) is 0.680. The lowest BCUT2D eigenvalue weighted by Gasteiger charge is -2.38. The van der Waals surface area contributed by atoms with E-state index in [0.717, 1.165) is 43.4 Å². The Hall–Kier alpha value is -1.88. The molecule has 0 radical (unpaired) electrons. The van der Waals surface area contributed by atoms with Gasteiger partial charge in [-0.05, 0) is 69.8 Å². The highest BCUT2D eigenvalue weighted by Gasteiger charge is 2.37. The van der Waals surface area contributed by atoms with Gasteiger partial charge in [-0.25, -0.2) is 4.79 Å². The first-order valence-corrected chi connectivity index (χ1v) is 12.7. The molecule has 2 heterocycles. The molecule has 2 N–H and O–H groups in total. The van der Waals surface area contributed by atoms with Crippen molar-refractivity contribution >= 4 is 28.9 Å². The van der Waals surface area contributed by atoms with Gasteiger partial charge in [0.05, 0.1) is 23.3 Å². The average molecular weight is 460 g/mol. The van der Waals surface area contributed by atoms with Gasteiger partial charge in [0.25, 0.3) is 0 Å². The summed E-state index contributed by atoms with van der Waals surface area (Å²) in [6.07, 6.45) is 6.97. The van der Waals surface area contributed by atoms with Crippen molar-refractivity contribution < 1.29 is 24.5 Å². The predicted octanol–water partition coefficient (Wildman–Crippen LogP) is 4.30. The average Bonchev–Trinajstić information content (AvgIpc) is 3.44. The molecule has 1 aromatic heterocycles. The van der Waals surface area contributed by atoms with E-state index in [1.54, 1.807) is 11.0 Å². The fourth-order valence-corrected chi connectivity index (χ4v) is 5.96. The van der Waals surface area contributed by atoms with Crippen LogP contribution in [0.25, 0.3) is 0 Å². The Labute approximate surface area is 194 Å². The molecule has 2 saturated carbocycles. The van der Waals surface area contributed by atoms with Gasteiger partial charge in [-0.3, -0.25) is 4.79 Å². The molecule has 6 nitrogen and oxygen atoms in total. The molecule has 1 aromatic rings. The van der Waals surface area contributed by atoms with E-state index >= 15 is 0 Å². The molecular formula is C25H33NO5S. The number of hydrogen-bond acceptors (Lipinski definition) is 5. The molecule has 1 atom stereocenters. The number of nitrogens with zero attached hydrogens (tertiary/aromatic N) is 1. The zero-order valence-corrected chi connectivity index (χ0v) is 19.5. The molecule has 7 heteroatoms. The maximum absolute atomic E-state index is 13.8. The molecular weight excluding hydrogens is 426 g/mol. The second-order valence-electron chi connectivity index (χ2n) is 9.59. The lowest BCUT2D eigenvalue weighted by molar-refractivity contribution is -0.124. The summed E-state index contributed by atoms with van der Waals surface area (Å²) in [5.74, 6) is 6.11. The lowest BCUT2D eigenvalue weighted by Crippen LogP contribution is -2.47. The predicted molar refractivity (Wildman–Crippen MR) is 124 cm³/mol. The Morgan fingerprint density at radius 1 is 1.09 bits per heavy atom. The maximum Gasteiger partial charge on any atom is 0.348 e. The van der Waals surface area contributed by atoms with Crippen LogP contribution in [0.5, 0.6) is 0 Å². The highest BCUT2D eigenvalue weighted by Crippen LogP contribution is 2.38.